The third kappa shape index (κ3) is 1.10. The Morgan fingerprint density at radius 3 is 3.19 bits per heavy atom. The van der Waals surface area contributed by atoms with Gasteiger partial charge in [0.2, 0.25) is 0 Å². The first-order valence-electron chi connectivity index (χ1n) is 4.76. The SMILES string of the molecule is O=C(O)c1ncn2c1CNc1ncccc1-2. The summed E-state index contributed by atoms with van der Waals surface area (Å²) in [4.78, 5) is 19.0. The second-order valence-electron chi connectivity index (χ2n) is 3.44. The lowest BCUT2D eigenvalue weighted by molar-refractivity contribution is 0.0690. The number of anilines is 1. The second kappa shape index (κ2) is 3.06. The molecule has 0 aromatic carbocycles. The third-order valence-electron chi connectivity index (χ3n) is 2.54. The number of aromatic carboxylic acids is 1. The van der Waals surface area contributed by atoms with E-state index in [1.807, 2.05) is 6.07 Å². The molecule has 2 aromatic rings. The van der Waals surface area contributed by atoms with Crippen molar-refractivity contribution in [3.05, 3.63) is 36.0 Å². The van der Waals surface area contributed by atoms with E-state index in [2.05, 4.69) is 15.3 Å². The van der Waals surface area contributed by atoms with Crippen LogP contribution in [0.3, 0.4) is 0 Å². The lowest BCUT2D eigenvalue weighted by Gasteiger charge is -2.19. The summed E-state index contributed by atoms with van der Waals surface area (Å²) in [5.41, 5.74) is 1.55. The number of nitrogens with one attached hydrogen (secondary N) is 1. The molecular weight excluding hydrogens is 208 g/mol. The number of fused-ring (bicyclic) bond motifs is 3. The van der Waals surface area contributed by atoms with Crippen molar-refractivity contribution in [2.45, 2.75) is 6.54 Å². The zero-order chi connectivity index (χ0) is 11.1. The minimum absolute atomic E-state index is 0.0852. The van der Waals surface area contributed by atoms with Gasteiger partial charge in [-0.25, -0.2) is 14.8 Å². The fourth-order valence-corrected chi connectivity index (χ4v) is 1.82. The molecule has 0 saturated heterocycles. The van der Waals surface area contributed by atoms with Crippen LogP contribution < -0.4 is 5.32 Å². The normalized spacial score (nSPS) is 12.5. The molecule has 0 radical (unpaired) electrons. The fourth-order valence-electron chi connectivity index (χ4n) is 1.82. The van der Waals surface area contributed by atoms with Crippen LogP contribution in [0.4, 0.5) is 5.82 Å². The van der Waals surface area contributed by atoms with Crippen LogP contribution in [-0.2, 0) is 6.54 Å². The molecule has 0 bridgehead atoms. The summed E-state index contributed by atoms with van der Waals surface area (Å²) in [6.45, 7) is 0.422. The van der Waals surface area contributed by atoms with Gasteiger partial charge in [-0.3, -0.25) is 4.57 Å². The van der Waals surface area contributed by atoms with E-state index in [1.165, 1.54) is 6.33 Å². The topological polar surface area (TPSA) is 80.0 Å². The molecule has 1 aliphatic heterocycles. The Bertz CT molecular complexity index is 576. The molecule has 2 aromatic heterocycles. The molecule has 0 atom stereocenters. The van der Waals surface area contributed by atoms with Crippen molar-refractivity contribution < 1.29 is 9.90 Å². The minimum Gasteiger partial charge on any atom is -0.476 e. The van der Waals surface area contributed by atoms with Gasteiger partial charge in [-0.15, -0.1) is 0 Å². The van der Waals surface area contributed by atoms with Gasteiger partial charge in [-0.2, -0.15) is 0 Å². The highest BCUT2D eigenvalue weighted by molar-refractivity contribution is 5.87. The molecule has 80 valence electrons. The molecule has 3 rings (SSSR count). The van der Waals surface area contributed by atoms with Gasteiger partial charge in [0.25, 0.3) is 0 Å². The predicted molar refractivity (Wildman–Crippen MR) is 55.6 cm³/mol. The molecule has 0 unspecified atom stereocenters. The number of rotatable bonds is 1. The van der Waals surface area contributed by atoms with Crippen molar-refractivity contribution in [3.8, 4) is 5.69 Å². The second-order valence-corrected chi connectivity index (χ2v) is 3.44. The Morgan fingerprint density at radius 2 is 2.38 bits per heavy atom. The molecule has 6 heteroatoms. The van der Waals surface area contributed by atoms with Gasteiger partial charge >= 0.3 is 5.97 Å². The van der Waals surface area contributed by atoms with Crippen molar-refractivity contribution in [3.63, 3.8) is 0 Å². The molecule has 0 spiro atoms. The van der Waals surface area contributed by atoms with Crippen LogP contribution in [0.15, 0.2) is 24.7 Å². The third-order valence-corrected chi connectivity index (χ3v) is 2.54. The summed E-state index contributed by atoms with van der Waals surface area (Å²) < 4.78 is 1.75. The number of carboxylic acid groups (broad SMARTS) is 1. The molecule has 3 heterocycles. The molecule has 6 nitrogen and oxygen atoms in total. The fraction of sp³-hybridized carbons (Fsp3) is 0.100. The van der Waals surface area contributed by atoms with Crippen LogP contribution >= 0.6 is 0 Å². The Hall–Kier alpha value is -2.37. The Balaban J connectivity index is 2.23. The Labute approximate surface area is 90.6 Å². The van der Waals surface area contributed by atoms with Gasteiger partial charge < -0.3 is 10.4 Å². The highest BCUT2D eigenvalue weighted by atomic mass is 16.4. The Morgan fingerprint density at radius 1 is 1.50 bits per heavy atom. The summed E-state index contributed by atoms with van der Waals surface area (Å²) in [6, 6.07) is 3.67. The van der Waals surface area contributed by atoms with Crippen molar-refractivity contribution in [2.75, 3.05) is 5.32 Å². The smallest absolute Gasteiger partial charge is 0.356 e. The number of hydrogen-bond acceptors (Lipinski definition) is 4. The monoisotopic (exact) mass is 216 g/mol. The van der Waals surface area contributed by atoms with Crippen molar-refractivity contribution >= 4 is 11.8 Å². The van der Waals surface area contributed by atoms with E-state index >= 15 is 0 Å². The maximum absolute atomic E-state index is 10.9. The number of carboxylic acids is 1. The first kappa shape index (κ1) is 8.90. The summed E-state index contributed by atoms with van der Waals surface area (Å²) >= 11 is 0. The van der Waals surface area contributed by atoms with Gasteiger partial charge in [0.15, 0.2) is 11.5 Å². The molecule has 1 aliphatic rings. The van der Waals surface area contributed by atoms with Gasteiger partial charge in [-0.05, 0) is 12.1 Å². The van der Waals surface area contributed by atoms with E-state index in [9.17, 15) is 4.79 Å². The van der Waals surface area contributed by atoms with Gasteiger partial charge in [0.05, 0.1) is 17.9 Å². The molecule has 0 aliphatic carbocycles. The van der Waals surface area contributed by atoms with Crippen LogP contribution in [0.1, 0.15) is 16.2 Å². The van der Waals surface area contributed by atoms with Crippen LogP contribution in [-0.4, -0.2) is 25.6 Å². The number of carbonyl (C=O) groups is 1. The minimum atomic E-state index is -1.01. The van der Waals surface area contributed by atoms with Crippen molar-refractivity contribution in [2.24, 2.45) is 0 Å². The number of hydrogen-bond donors (Lipinski definition) is 2. The molecular formula is C10H8N4O2. The molecule has 16 heavy (non-hydrogen) atoms. The van der Waals surface area contributed by atoms with Crippen LogP contribution in [0, 0.1) is 0 Å². The molecule has 0 fully saturated rings. The summed E-state index contributed by atoms with van der Waals surface area (Å²) in [7, 11) is 0. The van der Waals surface area contributed by atoms with E-state index < -0.39 is 5.97 Å². The van der Waals surface area contributed by atoms with Crippen LogP contribution in [0.25, 0.3) is 5.69 Å². The lowest BCUT2D eigenvalue weighted by Crippen LogP contribution is -2.17. The van der Waals surface area contributed by atoms with Crippen molar-refractivity contribution in [1.82, 2.24) is 14.5 Å². The van der Waals surface area contributed by atoms with Crippen LogP contribution in [0.5, 0.6) is 0 Å². The standard InChI is InChI=1S/C10H8N4O2/c15-10(16)8-7-4-12-9-6(2-1-3-11-9)14(7)5-13-8/h1-3,5H,4H2,(H,11,12)(H,15,16). The zero-order valence-corrected chi connectivity index (χ0v) is 8.21. The maximum Gasteiger partial charge on any atom is 0.356 e. The number of nitrogens with zero attached hydrogens (tertiary/aromatic N) is 3. The molecule has 0 amide bonds. The quantitative estimate of drug-likeness (QED) is 0.740. The maximum atomic E-state index is 10.9. The Kier molecular flexibility index (Phi) is 1.70. The van der Waals surface area contributed by atoms with E-state index in [-0.39, 0.29) is 5.69 Å². The van der Waals surface area contributed by atoms with E-state index in [0.717, 1.165) is 11.5 Å². The van der Waals surface area contributed by atoms with Crippen LogP contribution in [0.2, 0.25) is 0 Å². The molecule has 2 N–H and O–H groups in total. The predicted octanol–water partition coefficient (Wildman–Crippen LogP) is 0.891. The van der Waals surface area contributed by atoms with Crippen molar-refractivity contribution in [1.29, 1.82) is 0 Å². The first-order valence-corrected chi connectivity index (χ1v) is 4.76. The summed E-state index contributed by atoms with van der Waals surface area (Å²) in [5, 5.41) is 12.0. The summed E-state index contributed by atoms with van der Waals surface area (Å²) in [6.07, 6.45) is 3.20. The molecule has 0 saturated carbocycles. The largest absolute Gasteiger partial charge is 0.476 e. The van der Waals surface area contributed by atoms with Gasteiger partial charge in [0.1, 0.15) is 6.33 Å². The van der Waals surface area contributed by atoms with E-state index in [4.69, 9.17) is 5.11 Å². The first-order chi connectivity index (χ1) is 7.77. The van der Waals surface area contributed by atoms with E-state index in [1.54, 1.807) is 16.8 Å². The highest BCUT2D eigenvalue weighted by Crippen LogP contribution is 2.26. The highest BCUT2D eigenvalue weighted by Gasteiger charge is 2.22. The summed E-state index contributed by atoms with van der Waals surface area (Å²) in [5.74, 6) is -0.271. The van der Waals surface area contributed by atoms with Gasteiger partial charge in [0, 0.05) is 6.20 Å². The number of pyridine rings is 1. The zero-order valence-electron chi connectivity index (χ0n) is 8.21. The van der Waals surface area contributed by atoms with Gasteiger partial charge in [-0.1, -0.05) is 0 Å². The average Bonchev–Trinajstić information content (AvgIpc) is 2.73. The number of aromatic nitrogens is 3. The number of imidazole rings is 1. The lowest BCUT2D eigenvalue weighted by atomic mass is 10.2. The van der Waals surface area contributed by atoms with E-state index in [0.29, 0.717) is 12.2 Å². The average molecular weight is 216 g/mol.